The maximum atomic E-state index is 12.6. The zero-order valence-electron chi connectivity index (χ0n) is 15.6. The van der Waals surface area contributed by atoms with E-state index in [4.69, 9.17) is 26.2 Å². The summed E-state index contributed by atoms with van der Waals surface area (Å²) in [6.45, 7) is 0.765. The summed E-state index contributed by atoms with van der Waals surface area (Å²) in [7, 11) is 2.81. The Morgan fingerprint density at radius 3 is 2.38 bits per heavy atom. The van der Waals surface area contributed by atoms with Crippen molar-refractivity contribution >= 4 is 33.6 Å². The molecule has 0 unspecified atom stereocenters. The van der Waals surface area contributed by atoms with E-state index in [1.165, 1.54) is 21.1 Å². The number of nitriles is 2. The van der Waals surface area contributed by atoms with Crippen LogP contribution in [0.25, 0.3) is 0 Å². The largest absolute Gasteiger partial charge is 0.493 e. The zero-order valence-corrected chi connectivity index (χ0v) is 17.2. The fourth-order valence-electron chi connectivity index (χ4n) is 2.51. The molecule has 2 rings (SSSR count). The van der Waals surface area contributed by atoms with Crippen molar-refractivity contribution in [3.63, 3.8) is 0 Å². The van der Waals surface area contributed by atoms with E-state index in [0.29, 0.717) is 4.88 Å². The molecular formula is C17H16ClN5O5S. The molecule has 0 spiro atoms. The van der Waals surface area contributed by atoms with Gasteiger partial charge >= 0.3 is 0 Å². The number of methoxy groups -OCH3 is 2. The quantitative estimate of drug-likeness (QED) is 0.498. The Hall–Kier alpha value is -2.80. The second kappa shape index (κ2) is 9.60. The highest BCUT2D eigenvalue weighted by Crippen LogP contribution is 2.43. The molecule has 0 saturated heterocycles. The van der Waals surface area contributed by atoms with Crippen LogP contribution in [0.2, 0.25) is 5.02 Å². The number of hydrogen-bond donors (Lipinski definition) is 2. The van der Waals surface area contributed by atoms with E-state index in [1.54, 1.807) is 6.07 Å². The molecule has 2 heterocycles. The first kappa shape index (κ1) is 22.5. The third-order valence-electron chi connectivity index (χ3n) is 3.94. The average molecular weight is 438 g/mol. The number of aliphatic hydroxyl groups is 1. The number of nitrogens with zero attached hydrogens (tertiary/aromatic N) is 5. The fourth-order valence-corrected chi connectivity index (χ4v) is 3.92. The number of hydrogen-bond acceptors (Lipinski definition) is 10. The van der Waals surface area contributed by atoms with E-state index in [-0.39, 0.29) is 38.9 Å². The van der Waals surface area contributed by atoms with Gasteiger partial charge in [-0.3, -0.25) is 9.36 Å². The predicted octanol–water partition coefficient (Wildman–Crippen LogP) is 3.02. The fraction of sp³-hybridized carbons (Fsp3) is 0.353. The molecule has 29 heavy (non-hydrogen) atoms. The van der Waals surface area contributed by atoms with Crippen LogP contribution in [0, 0.1) is 29.6 Å². The van der Waals surface area contributed by atoms with E-state index in [1.807, 2.05) is 6.07 Å². The molecule has 0 saturated carbocycles. The number of ether oxygens (including phenoxy) is 2. The number of pyridine rings is 1. The molecule has 0 bridgehead atoms. The smallest absolute Gasteiger partial charge is 0.281 e. The van der Waals surface area contributed by atoms with Crippen LogP contribution in [0.3, 0.4) is 0 Å². The van der Waals surface area contributed by atoms with Gasteiger partial charge in [-0.15, -0.1) is 21.6 Å². The lowest BCUT2D eigenvalue weighted by atomic mass is 10.1. The molecule has 0 aromatic carbocycles. The van der Waals surface area contributed by atoms with E-state index in [2.05, 4.69) is 10.2 Å². The summed E-state index contributed by atoms with van der Waals surface area (Å²) in [5, 5.41) is 46.0. The summed E-state index contributed by atoms with van der Waals surface area (Å²) in [5.41, 5.74) is -0.984. The van der Waals surface area contributed by atoms with Gasteiger partial charge in [-0.25, -0.2) is 0 Å². The molecule has 0 fully saturated rings. The first-order chi connectivity index (χ1) is 13.9. The zero-order chi connectivity index (χ0) is 21.7. The van der Waals surface area contributed by atoms with Crippen LogP contribution in [0.1, 0.15) is 27.9 Å². The lowest BCUT2D eigenvalue weighted by Crippen LogP contribution is -2.23. The molecule has 12 heteroatoms. The number of aromatic nitrogens is 1. The normalized spacial score (nSPS) is 11.2. The van der Waals surface area contributed by atoms with E-state index >= 15 is 0 Å². The van der Waals surface area contributed by atoms with Crippen molar-refractivity contribution in [2.75, 3.05) is 20.8 Å². The number of aliphatic hydroxyl groups excluding tert-OH is 1. The highest BCUT2D eigenvalue weighted by atomic mass is 35.5. The first-order valence-electron chi connectivity index (χ1n) is 8.03. The molecule has 2 N–H and O–H groups in total. The molecule has 152 valence electrons. The van der Waals surface area contributed by atoms with Gasteiger partial charge < -0.3 is 19.7 Å². The number of aromatic hydroxyl groups is 1. The third-order valence-corrected chi connectivity index (χ3v) is 5.54. The van der Waals surface area contributed by atoms with Gasteiger partial charge in [0, 0.05) is 19.8 Å². The number of thiophene rings is 1. The van der Waals surface area contributed by atoms with Gasteiger partial charge in [-0.05, 0) is 6.92 Å². The summed E-state index contributed by atoms with van der Waals surface area (Å²) in [4.78, 5) is 13.0. The van der Waals surface area contributed by atoms with Crippen LogP contribution in [-0.4, -0.2) is 35.6 Å². The molecule has 0 aliphatic heterocycles. The lowest BCUT2D eigenvalue weighted by Gasteiger charge is -2.11. The molecule has 0 amide bonds. The van der Waals surface area contributed by atoms with Crippen molar-refractivity contribution in [1.82, 2.24) is 4.57 Å². The highest BCUT2D eigenvalue weighted by molar-refractivity contribution is 7.16. The predicted molar refractivity (Wildman–Crippen MR) is 104 cm³/mol. The molecule has 0 aliphatic rings. The number of rotatable bonds is 7. The topological polar surface area (TPSA) is 153 Å². The van der Waals surface area contributed by atoms with Gasteiger partial charge in [0.25, 0.3) is 5.56 Å². The SMILES string of the molecule is COC(OC)c1sc(N=Nc2c(C)c(C#N)c(O)n(CCO)c2=O)c(C#N)c1Cl. The molecule has 2 aromatic heterocycles. The van der Waals surface area contributed by atoms with E-state index in [9.17, 15) is 20.4 Å². The van der Waals surface area contributed by atoms with Crippen LogP contribution in [-0.2, 0) is 16.0 Å². The van der Waals surface area contributed by atoms with Crippen molar-refractivity contribution < 1.29 is 19.7 Å². The molecule has 2 aromatic rings. The maximum absolute atomic E-state index is 12.6. The Morgan fingerprint density at radius 1 is 1.24 bits per heavy atom. The average Bonchev–Trinajstić information content (AvgIpc) is 3.02. The van der Waals surface area contributed by atoms with Gasteiger partial charge in [0.1, 0.15) is 23.3 Å². The minimum Gasteiger partial charge on any atom is -0.493 e. The Kier molecular flexibility index (Phi) is 7.45. The van der Waals surface area contributed by atoms with Gasteiger partial charge in [-0.1, -0.05) is 11.6 Å². The Bertz CT molecular complexity index is 1090. The minimum atomic E-state index is -0.814. The lowest BCUT2D eigenvalue weighted by molar-refractivity contribution is -0.103. The Balaban J connectivity index is 2.65. The number of halogens is 1. The van der Waals surface area contributed by atoms with Crippen molar-refractivity contribution in [3.05, 3.63) is 36.9 Å². The summed E-state index contributed by atoms with van der Waals surface area (Å²) >= 11 is 7.22. The van der Waals surface area contributed by atoms with Crippen LogP contribution >= 0.6 is 22.9 Å². The van der Waals surface area contributed by atoms with E-state index in [0.717, 1.165) is 15.9 Å². The maximum Gasteiger partial charge on any atom is 0.281 e. The third kappa shape index (κ3) is 4.15. The van der Waals surface area contributed by atoms with Gasteiger partial charge in [0.05, 0.1) is 23.1 Å². The summed E-state index contributed by atoms with van der Waals surface area (Å²) in [6.07, 6.45) is -0.814. The van der Waals surface area contributed by atoms with Gasteiger partial charge in [0.15, 0.2) is 17.0 Å². The van der Waals surface area contributed by atoms with Crippen LogP contribution in [0.15, 0.2) is 15.0 Å². The summed E-state index contributed by atoms with van der Waals surface area (Å²) < 4.78 is 11.1. The summed E-state index contributed by atoms with van der Waals surface area (Å²) in [6, 6.07) is 3.72. The molecule has 10 nitrogen and oxygen atoms in total. The van der Waals surface area contributed by atoms with Crippen LogP contribution < -0.4 is 5.56 Å². The van der Waals surface area contributed by atoms with E-state index < -0.39 is 24.3 Å². The number of azo groups is 1. The van der Waals surface area contributed by atoms with Crippen molar-refractivity contribution in [2.45, 2.75) is 19.8 Å². The molecule has 0 atom stereocenters. The van der Waals surface area contributed by atoms with Crippen molar-refractivity contribution in [3.8, 4) is 18.0 Å². The Labute approximate surface area is 174 Å². The molecule has 0 aliphatic carbocycles. The standard InChI is InChI=1S/C17H16ClN5O5S/c1-8-9(6-19)15(25)23(4-5-24)16(26)12(8)21-22-14-10(7-20)11(18)13(29-14)17(27-2)28-3/h17,24-25H,4-5H2,1-3H3. The second-order valence-corrected chi connectivity index (χ2v) is 6.95. The highest BCUT2D eigenvalue weighted by Gasteiger charge is 2.24. The van der Waals surface area contributed by atoms with Crippen LogP contribution in [0.5, 0.6) is 5.88 Å². The first-order valence-corrected chi connectivity index (χ1v) is 9.22. The van der Waals surface area contributed by atoms with Gasteiger partial charge in [-0.2, -0.15) is 10.5 Å². The molecule has 0 radical (unpaired) electrons. The second-order valence-electron chi connectivity index (χ2n) is 5.54. The summed E-state index contributed by atoms with van der Waals surface area (Å²) in [5.74, 6) is -0.565. The Morgan fingerprint density at radius 2 is 1.86 bits per heavy atom. The molecular weight excluding hydrogens is 422 g/mol. The van der Waals surface area contributed by atoms with Crippen molar-refractivity contribution in [2.24, 2.45) is 10.2 Å². The van der Waals surface area contributed by atoms with Gasteiger partial charge in [0.2, 0.25) is 5.88 Å². The van der Waals surface area contributed by atoms with Crippen LogP contribution in [0.4, 0.5) is 10.7 Å². The monoisotopic (exact) mass is 437 g/mol. The minimum absolute atomic E-state index is 0.0298. The van der Waals surface area contributed by atoms with Crippen molar-refractivity contribution in [1.29, 1.82) is 10.5 Å².